The maximum absolute atomic E-state index is 12.5. The van der Waals surface area contributed by atoms with Gasteiger partial charge in [-0.25, -0.2) is 13.2 Å². The van der Waals surface area contributed by atoms with Crippen LogP contribution in [0.2, 0.25) is 0 Å². The van der Waals surface area contributed by atoms with Gasteiger partial charge in [-0.15, -0.1) is 0 Å². The first kappa shape index (κ1) is 16.4. The van der Waals surface area contributed by atoms with Crippen molar-refractivity contribution in [2.75, 3.05) is 13.1 Å². The first-order valence-corrected chi connectivity index (χ1v) is 9.09. The number of piperidine rings is 1. The third-order valence-electron chi connectivity index (χ3n) is 3.95. The average molecular weight is 352 g/mol. The van der Waals surface area contributed by atoms with E-state index in [4.69, 9.17) is 9.63 Å². The molecule has 24 heavy (non-hydrogen) atoms. The Hall–Kier alpha value is -2.49. The number of hydrogen-bond acceptors (Lipinski definition) is 7. The number of carbonyl (C=O) groups is 1. The number of sulfone groups is 1. The molecule has 9 nitrogen and oxygen atoms in total. The molecule has 1 aliphatic rings. The fourth-order valence-electron chi connectivity index (χ4n) is 2.63. The minimum atomic E-state index is -3.48. The van der Waals surface area contributed by atoms with Crippen molar-refractivity contribution >= 4 is 15.9 Å². The van der Waals surface area contributed by atoms with Gasteiger partial charge in [-0.3, -0.25) is 4.98 Å². The molecule has 0 atom stereocenters. The lowest BCUT2D eigenvalue weighted by atomic mass is 10.1. The van der Waals surface area contributed by atoms with Crippen LogP contribution in [0.4, 0.5) is 4.79 Å². The maximum Gasteiger partial charge on any atom is 0.407 e. The molecule has 0 saturated carbocycles. The molecular weight excluding hydrogens is 336 g/mol. The zero-order valence-electron chi connectivity index (χ0n) is 12.7. The molecule has 2 aromatic rings. The molecule has 0 spiro atoms. The summed E-state index contributed by atoms with van der Waals surface area (Å²) in [4.78, 5) is 20.1. The van der Waals surface area contributed by atoms with E-state index in [2.05, 4.69) is 15.1 Å². The van der Waals surface area contributed by atoms with Crippen LogP contribution in [0.15, 0.2) is 29.0 Å². The molecule has 1 saturated heterocycles. The predicted octanol–water partition coefficient (Wildman–Crippen LogP) is 1.19. The van der Waals surface area contributed by atoms with E-state index in [1.807, 2.05) is 0 Å². The van der Waals surface area contributed by atoms with E-state index in [1.54, 1.807) is 24.5 Å². The molecule has 0 aromatic carbocycles. The Labute approximate surface area is 138 Å². The largest absolute Gasteiger partial charge is 0.465 e. The first-order valence-electron chi connectivity index (χ1n) is 7.38. The van der Waals surface area contributed by atoms with Crippen molar-refractivity contribution in [1.82, 2.24) is 20.0 Å². The maximum atomic E-state index is 12.5. The fraction of sp³-hybridized carbons (Fsp3) is 0.429. The number of aromatic nitrogens is 3. The second-order valence-corrected chi connectivity index (χ2v) is 7.80. The van der Waals surface area contributed by atoms with Crippen molar-refractivity contribution in [1.29, 1.82) is 0 Å². The van der Waals surface area contributed by atoms with Crippen molar-refractivity contribution in [3.63, 3.8) is 0 Å². The van der Waals surface area contributed by atoms with Crippen LogP contribution in [0.5, 0.6) is 0 Å². The molecule has 0 aliphatic carbocycles. The summed E-state index contributed by atoms with van der Waals surface area (Å²) in [6, 6.07) is 3.40. The summed E-state index contributed by atoms with van der Waals surface area (Å²) in [7, 11) is -3.48. The Kier molecular flexibility index (Phi) is 4.47. The van der Waals surface area contributed by atoms with Crippen molar-refractivity contribution in [2.24, 2.45) is 0 Å². The zero-order valence-corrected chi connectivity index (χ0v) is 13.5. The van der Waals surface area contributed by atoms with Gasteiger partial charge >= 0.3 is 6.09 Å². The van der Waals surface area contributed by atoms with Gasteiger partial charge in [0.2, 0.25) is 11.7 Å². The van der Waals surface area contributed by atoms with E-state index in [9.17, 15) is 13.2 Å². The van der Waals surface area contributed by atoms with Gasteiger partial charge in [0.25, 0.3) is 0 Å². The molecule has 1 amide bonds. The van der Waals surface area contributed by atoms with Gasteiger partial charge in [-0.1, -0.05) is 5.16 Å². The minimum Gasteiger partial charge on any atom is -0.465 e. The van der Waals surface area contributed by atoms with E-state index in [1.165, 1.54) is 4.90 Å². The van der Waals surface area contributed by atoms with E-state index < -0.39 is 21.2 Å². The number of nitrogens with zero attached hydrogens (tertiary/aromatic N) is 4. The normalized spacial score (nSPS) is 16.2. The van der Waals surface area contributed by atoms with Crippen LogP contribution in [0.1, 0.15) is 18.7 Å². The summed E-state index contributed by atoms with van der Waals surface area (Å²) in [5.41, 5.74) is 0.687. The number of amides is 1. The van der Waals surface area contributed by atoms with E-state index in [0.29, 0.717) is 11.4 Å². The highest BCUT2D eigenvalue weighted by atomic mass is 32.2. The van der Waals surface area contributed by atoms with Crippen molar-refractivity contribution in [3.05, 3.63) is 30.4 Å². The molecule has 1 N–H and O–H groups in total. The van der Waals surface area contributed by atoms with Gasteiger partial charge in [0.05, 0.1) is 5.25 Å². The molecule has 0 radical (unpaired) electrons. The summed E-state index contributed by atoms with van der Waals surface area (Å²) in [6.07, 6.45) is 2.70. The van der Waals surface area contributed by atoms with Crippen LogP contribution in [0, 0.1) is 0 Å². The smallest absolute Gasteiger partial charge is 0.407 e. The monoisotopic (exact) mass is 352 g/mol. The molecule has 2 aromatic heterocycles. The lowest BCUT2D eigenvalue weighted by Crippen LogP contribution is -2.42. The highest BCUT2D eigenvalue weighted by Crippen LogP contribution is 2.22. The fourth-order valence-corrected chi connectivity index (χ4v) is 4.25. The summed E-state index contributed by atoms with van der Waals surface area (Å²) in [6.45, 7) is 0.427. The Balaban J connectivity index is 1.67. The van der Waals surface area contributed by atoms with Crippen molar-refractivity contribution < 1.29 is 22.8 Å². The van der Waals surface area contributed by atoms with Crippen LogP contribution in [-0.4, -0.2) is 58.0 Å². The first-order chi connectivity index (χ1) is 11.5. The van der Waals surface area contributed by atoms with Gasteiger partial charge in [-0.05, 0) is 25.0 Å². The Morgan fingerprint density at radius 3 is 2.58 bits per heavy atom. The summed E-state index contributed by atoms with van der Waals surface area (Å²) >= 11 is 0. The van der Waals surface area contributed by atoms with Crippen LogP contribution in [-0.2, 0) is 15.6 Å². The molecule has 0 unspecified atom stereocenters. The molecule has 0 bridgehead atoms. The van der Waals surface area contributed by atoms with Crippen LogP contribution < -0.4 is 0 Å². The minimum absolute atomic E-state index is 0.0301. The molecule has 1 aliphatic heterocycles. The second kappa shape index (κ2) is 6.56. The van der Waals surface area contributed by atoms with Crippen LogP contribution in [0.3, 0.4) is 0 Å². The lowest BCUT2D eigenvalue weighted by molar-refractivity contribution is 0.136. The summed E-state index contributed by atoms with van der Waals surface area (Å²) in [5.74, 6) is -0.00574. The number of carboxylic acid groups (broad SMARTS) is 1. The van der Waals surface area contributed by atoms with Gasteiger partial charge in [0, 0.05) is 31.0 Å². The lowest BCUT2D eigenvalue weighted by Gasteiger charge is -2.29. The Morgan fingerprint density at radius 2 is 1.96 bits per heavy atom. The SMILES string of the molecule is O=C(O)N1CCC(S(=O)(=O)Cc2nc(-c3ccncc3)no2)CC1. The van der Waals surface area contributed by atoms with Crippen LogP contribution >= 0.6 is 0 Å². The van der Waals surface area contributed by atoms with Crippen LogP contribution in [0.25, 0.3) is 11.4 Å². The Morgan fingerprint density at radius 1 is 1.29 bits per heavy atom. The van der Waals surface area contributed by atoms with Crippen molar-refractivity contribution in [2.45, 2.75) is 23.8 Å². The highest BCUT2D eigenvalue weighted by molar-refractivity contribution is 7.91. The summed E-state index contributed by atoms with van der Waals surface area (Å²) in [5, 5.41) is 12.1. The van der Waals surface area contributed by atoms with Crippen molar-refractivity contribution in [3.8, 4) is 11.4 Å². The number of rotatable bonds is 4. The molecule has 3 rings (SSSR count). The highest BCUT2D eigenvalue weighted by Gasteiger charge is 2.33. The second-order valence-electron chi connectivity index (χ2n) is 5.52. The van der Waals surface area contributed by atoms with E-state index >= 15 is 0 Å². The number of pyridine rings is 1. The molecule has 3 heterocycles. The van der Waals surface area contributed by atoms with Gasteiger partial charge < -0.3 is 14.5 Å². The van der Waals surface area contributed by atoms with Gasteiger partial charge in [-0.2, -0.15) is 4.98 Å². The number of hydrogen-bond donors (Lipinski definition) is 1. The molecule has 10 heteroatoms. The molecule has 1 fully saturated rings. The topological polar surface area (TPSA) is 126 Å². The zero-order chi connectivity index (χ0) is 17.2. The quantitative estimate of drug-likeness (QED) is 0.869. The third kappa shape index (κ3) is 3.53. The predicted molar refractivity (Wildman–Crippen MR) is 82.8 cm³/mol. The van der Waals surface area contributed by atoms with E-state index in [0.717, 1.165) is 0 Å². The van der Waals surface area contributed by atoms with Gasteiger partial charge in [0.1, 0.15) is 5.75 Å². The van der Waals surface area contributed by atoms with E-state index in [-0.39, 0.29) is 37.6 Å². The number of likely N-dealkylation sites (tertiary alicyclic amines) is 1. The molecule has 128 valence electrons. The molecular formula is C14H16N4O5S. The third-order valence-corrected chi connectivity index (χ3v) is 6.09. The standard InChI is InChI=1S/C14H16N4O5S/c19-14(20)18-7-3-11(4-8-18)24(21,22)9-12-16-13(17-23-12)10-1-5-15-6-2-10/h1-2,5-6,11H,3-4,7-9H2,(H,19,20). The van der Waals surface area contributed by atoms with Gasteiger partial charge in [0.15, 0.2) is 9.84 Å². The Bertz CT molecular complexity index is 813. The summed E-state index contributed by atoms with van der Waals surface area (Å²) < 4.78 is 30.0. The average Bonchev–Trinajstić information content (AvgIpc) is 3.03.